The van der Waals surface area contributed by atoms with Gasteiger partial charge in [-0.3, -0.25) is 4.79 Å². The Bertz CT molecular complexity index is 878. The van der Waals surface area contributed by atoms with Gasteiger partial charge in [-0.15, -0.1) is 0 Å². The Morgan fingerprint density at radius 2 is 1.92 bits per heavy atom. The first-order valence-electron chi connectivity index (χ1n) is 7.83. The average molecular weight is 348 g/mol. The first kappa shape index (κ1) is 16.8. The lowest BCUT2D eigenvalue weighted by Crippen LogP contribution is -2.41. The molecule has 0 spiro atoms. The van der Waals surface area contributed by atoms with Crippen molar-refractivity contribution in [3.05, 3.63) is 63.3 Å². The maximum Gasteiger partial charge on any atom is 0.279 e. The molecule has 3 rings (SSSR count). The van der Waals surface area contributed by atoms with E-state index < -0.39 is 10.2 Å². The van der Waals surface area contributed by atoms with Gasteiger partial charge in [0, 0.05) is 31.6 Å². The lowest BCUT2D eigenvalue weighted by Gasteiger charge is -2.20. The van der Waals surface area contributed by atoms with Crippen molar-refractivity contribution in [1.82, 2.24) is 19.0 Å². The van der Waals surface area contributed by atoms with E-state index in [-0.39, 0.29) is 18.6 Å². The summed E-state index contributed by atoms with van der Waals surface area (Å²) in [5.41, 5.74) is 2.00. The van der Waals surface area contributed by atoms with Crippen LogP contribution in [0.3, 0.4) is 0 Å². The van der Waals surface area contributed by atoms with Gasteiger partial charge in [0.1, 0.15) is 5.82 Å². The highest BCUT2D eigenvalue weighted by atomic mass is 32.2. The van der Waals surface area contributed by atoms with Gasteiger partial charge in [-0.2, -0.15) is 17.4 Å². The van der Waals surface area contributed by atoms with E-state index in [1.807, 2.05) is 30.3 Å². The van der Waals surface area contributed by atoms with Crippen LogP contribution in [0.4, 0.5) is 0 Å². The third-order valence-corrected chi connectivity index (χ3v) is 5.62. The van der Waals surface area contributed by atoms with Crippen LogP contribution in [0.5, 0.6) is 0 Å². The lowest BCUT2D eigenvalue weighted by atomic mass is 10.1. The van der Waals surface area contributed by atoms with Crippen molar-refractivity contribution in [2.24, 2.45) is 0 Å². The molecule has 2 heterocycles. The third-order valence-electron chi connectivity index (χ3n) is 4.07. The van der Waals surface area contributed by atoms with Gasteiger partial charge in [-0.05, 0) is 18.9 Å². The molecule has 2 aromatic rings. The Hall–Kier alpha value is -2.03. The maximum atomic E-state index is 12.5. The highest BCUT2D eigenvalue weighted by Crippen LogP contribution is 2.13. The number of nitrogens with zero attached hydrogens (tertiary/aromatic N) is 2. The van der Waals surface area contributed by atoms with E-state index in [1.54, 1.807) is 6.92 Å². The molecule has 1 aromatic carbocycles. The number of nitrogens with one attached hydrogen (secondary N) is 2. The fourth-order valence-corrected chi connectivity index (χ4v) is 4.01. The zero-order valence-electron chi connectivity index (χ0n) is 13.4. The molecule has 7 nitrogen and oxygen atoms in total. The minimum absolute atomic E-state index is 0.172. The van der Waals surface area contributed by atoms with Crippen LogP contribution in [-0.4, -0.2) is 35.8 Å². The maximum absolute atomic E-state index is 12.5. The molecule has 0 saturated heterocycles. The number of aromatic nitrogens is 2. The van der Waals surface area contributed by atoms with Crippen molar-refractivity contribution in [1.29, 1.82) is 0 Å². The summed E-state index contributed by atoms with van der Waals surface area (Å²) in [6.45, 7) is 2.55. The molecule has 0 amide bonds. The molecule has 24 heavy (non-hydrogen) atoms. The average Bonchev–Trinajstić information content (AvgIpc) is 2.77. The van der Waals surface area contributed by atoms with E-state index in [4.69, 9.17) is 0 Å². The van der Waals surface area contributed by atoms with Gasteiger partial charge in [0.15, 0.2) is 0 Å². The fourth-order valence-electron chi connectivity index (χ4n) is 2.81. The molecule has 0 aliphatic carbocycles. The van der Waals surface area contributed by atoms with Gasteiger partial charge in [0.05, 0.1) is 5.69 Å². The number of aryl methyl sites for hydroxylation is 1. The van der Waals surface area contributed by atoms with E-state index >= 15 is 0 Å². The zero-order chi connectivity index (χ0) is 17.2. The Kier molecular flexibility index (Phi) is 4.79. The fraction of sp³-hybridized carbons (Fsp3) is 0.375. The first-order valence-corrected chi connectivity index (χ1v) is 9.27. The number of hydrogen-bond donors (Lipinski definition) is 2. The molecule has 0 atom stereocenters. The van der Waals surface area contributed by atoms with Crippen LogP contribution in [-0.2, 0) is 29.6 Å². The predicted octanol–water partition coefficient (Wildman–Crippen LogP) is 0.514. The Balaban J connectivity index is 1.72. The van der Waals surface area contributed by atoms with Crippen LogP contribution in [0, 0.1) is 6.92 Å². The molecule has 0 bridgehead atoms. The van der Waals surface area contributed by atoms with Crippen LogP contribution < -0.4 is 10.3 Å². The smallest absolute Gasteiger partial charge is 0.279 e. The number of hydrogen-bond acceptors (Lipinski definition) is 4. The summed E-state index contributed by atoms with van der Waals surface area (Å²) in [4.78, 5) is 19.0. The van der Waals surface area contributed by atoms with Gasteiger partial charge >= 0.3 is 0 Å². The van der Waals surface area contributed by atoms with Crippen LogP contribution in [0.15, 0.2) is 35.1 Å². The quantitative estimate of drug-likeness (QED) is 0.842. The minimum atomic E-state index is -3.60. The summed E-state index contributed by atoms with van der Waals surface area (Å²) in [7, 11) is -3.60. The van der Waals surface area contributed by atoms with Crippen LogP contribution in [0.25, 0.3) is 0 Å². The van der Waals surface area contributed by atoms with Gasteiger partial charge in [-0.25, -0.2) is 4.98 Å². The van der Waals surface area contributed by atoms with Crippen molar-refractivity contribution in [3.63, 3.8) is 0 Å². The number of aromatic amines is 1. The van der Waals surface area contributed by atoms with Crippen molar-refractivity contribution < 1.29 is 8.42 Å². The number of H-pyrrole nitrogens is 1. The Morgan fingerprint density at radius 1 is 1.21 bits per heavy atom. The van der Waals surface area contributed by atoms with E-state index in [0.717, 1.165) is 5.56 Å². The van der Waals surface area contributed by atoms with Crippen LogP contribution >= 0.6 is 0 Å². The van der Waals surface area contributed by atoms with Gasteiger partial charge < -0.3 is 4.98 Å². The van der Waals surface area contributed by atoms with E-state index in [1.165, 1.54) is 4.31 Å². The molecular weight excluding hydrogens is 328 g/mol. The minimum Gasteiger partial charge on any atom is -0.311 e. The Labute approximate surface area is 140 Å². The molecule has 0 radical (unpaired) electrons. The molecule has 1 aliphatic rings. The topological polar surface area (TPSA) is 95.2 Å². The molecule has 8 heteroatoms. The second-order valence-electron chi connectivity index (χ2n) is 5.79. The summed E-state index contributed by atoms with van der Waals surface area (Å²) in [5, 5.41) is 0. The third kappa shape index (κ3) is 3.72. The van der Waals surface area contributed by atoms with Crippen LogP contribution in [0.2, 0.25) is 0 Å². The second-order valence-corrected chi connectivity index (χ2v) is 7.54. The molecule has 0 fully saturated rings. The number of rotatable bonds is 4. The highest BCUT2D eigenvalue weighted by Gasteiger charge is 2.26. The lowest BCUT2D eigenvalue weighted by molar-refractivity contribution is 0.416. The molecular formula is C16H20N4O3S. The van der Waals surface area contributed by atoms with Crippen molar-refractivity contribution in [3.8, 4) is 0 Å². The van der Waals surface area contributed by atoms with E-state index in [9.17, 15) is 13.2 Å². The first-order chi connectivity index (χ1) is 11.5. The number of fused-ring (bicyclic) bond motifs is 1. The van der Waals surface area contributed by atoms with E-state index in [0.29, 0.717) is 36.5 Å². The second kappa shape index (κ2) is 6.84. The summed E-state index contributed by atoms with van der Waals surface area (Å²) < 4.78 is 29.0. The van der Waals surface area contributed by atoms with E-state index in [2.05, 4.69) is 14.7 Å². The summed E-state index contributed by atoms with van der Waals surface area (Å²) in [6.07, 6.45) is 0.802. The van der Waals surface area contributed by atoms with Gasteiger partial charge in [0.25, 0.3) is 15.8 Å². The standard InChI is InChI=1S/C16H20N4O3S/c1-12-18-15-8-10-20(9-7-14(15)16(21)19-12)24(22,23)17-11-13-5-3-2-4-6-13/h2-6,17H,7-11H2,1H3,(H,18,19,21). The summed E-state index contributed by atoms with van der Waals surface area (Å²) in [6, 6.07) is 9.36. The molecule has 1 aromatic heterocycles. The van der Waals surface area contributed by atoms with Crippen LogP contribution in [0.1, 0.15) is 22.6 Å². The normalized spacial score (nSPS) is 15.7. The zero-order valence-corrected chi connectivity index (χ0v) is 14.3. The highest BCUT2D eigenvalue weighted by molar-refractivity contribution is 7.87. The molecule has 128 valence electrons. The monoisotopic (exact) mass is 348 g/mol. The predicted molar refractivity (Wildman–Crippen MR) is 90.8 cm³/mol. The molecule has 0 unspecified atom stereocenters. The largest absolute Gasteiger partial charge is 0.311 e. The van der Waals surface area contributed by atoms with Crippen molar-refractivity contribution >= 4 is 10.2 Å². The SMILES string of the molecule is Cc1nc2c(c(=O)[nH]1)CCN(S(=O)(=O)NCc1ccccc1)CC2. The summed E-state index contributed by atoms with van der Waals surface area (Å²) >= 11 is 0. The molecule has 0 saturated carbocycles. The molecule has 1 aliphatic heterocycles. The van der Waals surface area contributed by atoms with Crippen molar-refractivity contribution in [2.45, 2.75) is 26.3 Å². The Morgan fingerprint density at radius 3 is 2.67 bits per heavy atom. The van der Waals surface area contributed by atoms with Gasteiger partial charge in [0.2, 0.25) is 0 Å². The van der Waals surface area contributed by atoms with Crippen molar-refractivity contribution in [2.75, 3.05) is 13.1 Å². The molecule has 2 N–H and O–H groups in total. The van der Waals surface area contributed by atoms with Gasteiger partial charge in [-0.1, -0.05) is 30.3 Å². The summed E-state index contributed by atoms with van der Waals surface area (Å²) in [5.74, 6) is 0.553. The number of benzene rings is 1.